The first-order valence-electron chi connectivity index (χ1n) is 26.5. The number of hydrogen-bond acceptors (Lipinski definition) is 2. The van der Waals surface area contributed by atoms with E-state index in [1.807, 2.05) is 12.1 Å². The number of fused-ring (bicyclic) bond motifs is 23. The van der Waals surface area contributed by atoms with Crippen LogP contribution in [0.1, 0.15) is 44.5 Å². The molecule has 0 saturated carbocycles. The maximum Gasteiger partial charge on any atom is 0.136 e. The molecule has 0 amide bonds. The van der Waals surface area contributed by atoms with Gasteiger partial charge in [-0.05, 0) is 160 Å². The van der Waals surface area contributed by atoms with Crippen molar-refractivity contribution in [3.8, 4) is 66.8 Å². The molecule has 2 spiro atoms. The van der Waals surface area contributed by atoms with Crippen molar-refractivity contribution < 1.29 is 4.42 Å². The third kappa shape index (κ3) is 5.35. The second kappa shape index (κ2) is 15.4. The second-order valence-electron chi connectivity index (χ2n) is 21.0. The molecule has 0 bridgehead atoms. The van der Waals surface area contributed by atoms with E-state index in [1.165, 1.54) is 100 Å². The summed E-state index contributed by atoms with van der Waals surface area (Å²) in [5.41, 5.74) is 30.0. The first-order valence-corrected chi connectivity index (χ1v) is 26.5. The Morgan fingerprint density at radius 2 is 0.632 bits per heavy atom. The van der Waals surface area contributed by atoms with Crippen LogP contribution in [-0.4, -0.2) is 0 Å². The summed E-state index contributed by atoms with van der Waals surface area (Å²) in [6.45, 7) is 0. The molecule has 4 aliphatic rings. The standard InChI is InChI=1S/C74H45NO/c1-8-23-61-52(16-1)53-17-2-9-24-62(53)73(61)66-28-13-6-22-60(66)72-67(73)29-15-30-69(72)75(51-40-34-47(35-41-51)49-37-43-59-58-21-7-14-31-70(58)76-71(59)45-49)50-38-32-46(33-39-50)48-36-42-57-56-20-5-12-27-65(56)74(68(57)44-48)63-25-10-3-18-54(63)55-19-4-11-26-64(55)74/h1-45H. The fourth-order valence-corrected chi connectivity index (χ4v) is 14.5. The van der Waals surface area contributed by atoms with Crippen LogP contribution in [0.25, 0.3) is 88.7 Å². The third-order valence-electron chi connectivity index (χ3n) is 17.5. The molecule has 1 aromatic heterocycles. The van der Waals surface area contributed by atoms with Gasteiger partial charge in [-0.3, -0.25) is 0 Å². The van der Waals surface area contributed by atoms with Gasteiger partial charge in [0.25, 0.3) is 0 Å². The average Bonchev–Trinajstić information content (AvgIpc) is 4.20. The number of rotatable bonds is 5. The maximum absolute atomic E-state index is 6.37. The molecule has 0 unspecified atom stereocenters. The van der Waals surface area contributed by atoms with E-state index in [4.69, 9.17) is 4.42 Å². The van der Waals surface area contributed by atoms with Crippen LogP contribution in [0.4, 0.5) is 17.1 Å². The topological polar surface area (TPSA) is 16.4 Å². The number of furan rings is 1. The van der Waals surface area contributed by atoms with Gasteiger partial charge in [0.2, 0.25) is 0 Å². The Labute approximate surface area is 441 Å². The normalized spacial score (nSPS) is 14.0. The Kier molecular flexibility index (Phi) is 8.44. The van der Waals surface area contributed by atoms with E-state index in [0.29, 0.717) is 0 Å². The summed E-state index contributed by atoms with van der Waals surface area (Å²) in [6, 6.07) is 102. The van der Waals surface area contributed by atoms with Gasteiger partial charge >= 0.3 is 0 Å². The molecule has 2 heteroatoms. The van der Waals surface area contributed by atoms with Crippen LogP contribution in [0.5, 0.6) is 0 Å². The van der Waals surface area contributed by atoms with Crippen molar-refractivity contribution in [1.29, 1.82) is 0 Å². The monoisotopic (exact) mass is 963 g/mol. The summed E-state index contributed by atoms with van der Waals surface area (Å²) in [4.78, 5) is 2.48. The zero-order chi connectivity index (χ0) is 49.7. The van der Waals surface area contributed by atoms with Crippen molar-refractivity contribution in [2.24, 2.45) is 0 Å². The van der Waals surface area contributed by atoms with Gasteiger partial charge in [0.1, 0.15) is 11.2 Å². The fourth-order valence-electron chi connectivity index (χ4n) is 14.5. The number of benzene rings is 12. The Morgan fingerprint density at radius 3 is 1.17 bits per heavy atom. The molecule has 352 valence electrons. The van der Waals surface area contributed by atoms with Gasteiger partial charge < -0.3 is 9.32 Å². The van der Waals surface area contributed by atoms with Crippen LogP contribution in [-0.2, 0) is 10.8 Å². The molecule has 76 heavy (non-hydrogen) atoms. The van der Waals surface area contributed by atoms with E-state index >= 15 is 0 Å². The van der Waals surface area contributed by atoms with Crippen molar-refractivity contribution in [2.75, 3.05) is 4.90 Å². The molecule has 0 fully saturated rings. The predicted octanol–water partition coefficient (Wildman–Crippen LogP) is 19.1. The van der Waals surface area contributed by atoms with Gasteiger partial charge in [0, 0.05) is 27.7 Å². The van der Waals surface area contributed by atoms with Crippen molar-refractivity contribution in [2.45, 2.75) is 10.8 Å². The SMILES string of the molecule is c1ccc2c(c1)-c1ccccc1C21c2ccccc2-c2ccc(-c3ccc(N(c4ccc(-c5ccc6c(c5)oc5ccccc56)cc4)c4cccc5c4-c4ccccc4C54c5ccccc5-c5ccccc54)cc3)cc21. The zero-order valence-electron chi connectivity index (χ0n) is 41.3. The molecular formula is C74H45NO. The van der Waals surface area contributed by atoms with E-state index in [2.05, 4.69) is 266 Å². The summed E-state index contributed by atoms with van der Waals surface area (Å²) in [5, 5.41) is 2.27. The molecule has 2 nitrogen and oxygen atoms in total. The molecule has 0 radical (unpaired) electrons. The van der Waals surface area contributed by atoms with Crippen molar-refractivity contribution in [3.63, 3.8) is 0 Å². The summed E-state index contributed by atoms with van der Waals surface area (Å²) in [5.74, 6) is 0. The second-order valence-corrected chi connectivity index (χ2v) is 21.0. The van der Waals surface area contributed by atoms with Gasteiger partial charge in [-0.25, -0.2) is 0 Å². The van der Waals surface area contributed by atoms with E-state index in [1.54, 1.807) is 0 Å². The van der Waals surface area contributed by atoms with Crippen LogP contribution in [0, 0.1) is 0 Å². The van der Waals surface area contributed by atoms with Crippen LogP contribution >= 0.6 is 0 Å². The maximum atomic E-state index is 6.37. The molecule has 17 rings (SSSR count). The predicted molar refractivity (Wildman–Crippen MR) is 312 cm³/mol. The number of hydrogen-bond donors (Lipinski definition) is 0. The van der Waals surface area contributed by atoms with Crippen LogP contribution in [0.3, 0.4) is 0 Å². The lowest BCUT2D eigenvalue weighted by atomic mass is 9.70. The highest BCUT2D eigenvalue weighted by atomic mass is 16.3. The van der Waals surface area contributed by atoms with Gasteiger partial charge in [-0.1, -0.05) is 218 Å². The van der Waals surface area contributed by atoms with E-state index in [0.717, 1.165) is 50.1 Å². The van der Waals surface area contributed by atoms with Gasteiger partial charge in [0.05, 0.1) is 16.5 Å². The summed E-state index contributed by atoms with van der Waals surface area (Å²) in [7, 11) is 0. The smallest absolute Gasteiger partial charge is 0.136 e. The molecule has 4 aliphatic carbocycles. The van der Waals surface area contributed by atoms with Crippen molar-refractivity contribution >= 4 is 39.0 Å². The number of anilines is 3. The van der Waals surface area contributed by atoms with E-state index in [-0.39, 0.29) is 0 Å². The first-order chi connectivity index (χ1) is 37.7. The molecule has 13 aromatic rings. The lowest BCUT2D eigenvalue weighted by Crippen LogP contribution is -2.26. The average molecular weight is 964 g/mol. The molecule has 12 aromatic carbocycles. The largest absolute Gasteiger partial charge is 0.456 e. The minimum absolute atomic E-state index is 0.405. The first kappa shape index (κ1) is 41.7. The molecule has 0 N–H and O–H groups in total. The number of para-hydroxylation sites is 1. The summed E-state index contributed by atoms with van der Waals surface area (Å²) < 4.78 is 6.37. The molecular weight excluding hydrogens is 919 g/mol. The Balaban J connectivity index is 0.838. The van der Waals surface area contributed by atoms with Crippen LogP contribution in [0.2, 0.25) is 0 Å². The van der Waals surface area contributed by atoms with Crippen LogP contribution in [0.15, 0.2) is 277 Å². The molecule has 0 aliphatic heterocycles. The highest BCUT2D eigenvalue weighted by molar-refractivity contribution is 6.06. The van der Waals surface area contributed by atoms with E-state index in [9.17, 15) is 0 Å². The van der Waals surface area contributed by atoms with Crippen molar-refractivity contribution in [1.82, 2.24) is 0 Å². The summed E-state index contributed by atoms with van der Waals surface area (Å²) in [6.07, 6.45) is 0. The molecule has 1 heterocycles. The van der Waals surface area contributed by atoms with Crippen LogP contribution < -0.4 is 4.90 Å². The zero-order valence-corrected chi connectivity index (χ0v) is 41.3. The molecule has 0 atom stereocenters. The van der Waals surface area contributed by atoms with E-state index < -0.39 is 10.8 Å². The van der Waals surface area contributed by atoms with Gasteiger partial charge in [0.15, 0.2) is 0 Å². The Bertz CT molecular complexity index is 4480. The minimum Gasteiger partial charge on any atom is -0.456 e. The fraction of sp³-hybridized carbons (Fsp3) is 0.0270. The lowest BCUT2D eigenvalue weighted by molar-refractivity contribution is 0.669. The molecule has 0 saturated heterocycles. The van der Waals surface area contributed by atoms with Gasteiger partial charge in [-0.2, -0.15) is 0 Å². The highest BCUT2D eigenvalue weighted by Crippen LogP contribution is 2.66. The minimum atomic E-state index is -0.464. The number of nitrogens with zero attached hydrogens (tertiary/aromatic N) is 1. The Morgan fingerprint density at radius 1 is 0.250 bits per heavy atom. The van der Waals surface area contributed by atoms with Gasteiger partial charge in [-0.15, -0.1) is 0 Å². The summed E-state index contributed by atoms with van der Waals surface area (Å²) >= 11 is 0. The Hall–Kier alpha value is -9.76. The third-order valence-corrected chi connectivity index (χ3v) is 17.5. The highest BCUT2D eigenvalue weighted by Gasteiger charge is 2.53. The van der Waals surface area contributed by atoms with Crippen molar-refractivity contribution in [3.05, 3.63) is 317 Å². The lowest BCUT2D eigenvalue weighted by Gasteiger charge is -2.32. The quantitative estimate of drug-likeness (QED) is 0.171.